The zero-order valence-corrected chi connectivity index (χ0v) is 18.7. The van der Waals surface area contributed by atoms with Gasteiger partial charge < -0.3 is 15.4 Å². The summed E-state index contributed by atoms with van der Waals surface area (Å²) in [6, 6.07) is 12.6. The maximum Gasteiger partial charge on any atom is 0.243 e. The van der Waals surface area contributed by atoms with Crippen molar-refractivity contribution >= 4 is 27.3 Å². The number of morpholine rings is 1. The number of hydrogen-bond acceptors (Lipinski definition) is 5. The average Bonchev–Trinajstić information content (AvgIpc) is 3.20. The molecule has 1 fully saturated rings. The van der Waals surface area contributed by atoms with Crippen LogP contribution in [0.25, 0.3) is 0 Å². The van der Waals surface area contributed by atoms with E-state index < -0.39 is 10.0 Å². The fourth-order valence-corrected chi connectivity index (χ4v) is 5.85. The summed E-state index contributed by atoms with van der Waals surface area (Å²) in [4.78, 5) is 12.5. The molecule has 0 aromatic heterocycles. The number of sulfonamides is 1. The lowest BCUT2D eigenvalue weighted by Gasteiger charge is -2.34. The first-order chi connectivity index (χ1) is 14.8. The third-order valence-corrected chi connectivity index (χ3v) is 7.56. The zero-order valence-electron chi connectivity index (χ0n) is 17.9. The molecule has 166 valence electrons. The van der Waals surface area contributed by atoms with Gasteiger partial charge in [-0.15, -0.1) is 0 Å². The summed E-state index contributed by atoms with van der Waals surface area (Å²) in [7, 11) is -3.58. The van der Waals surface area contributed by atoms with Gasteiger partial charge in [0.1, 0.15) is 0 Å². The molecule has 2 atom stereocenters. The van der Waals surface area contributed by atoms with E-state index in [1.165, 1.54) is 21.9 Å². The van der Waals surface area contributed by atoms with Crippen molar-refractivity contribution in [3.05, 3.63) is 53.6 Å². The number of nitrogens with zero attached hydrogens (tertiary/aromatic N) is 1. The minimum atomic E-state index is -3.58. The Bertz CT molecular complexity index is 1040. The van der Waals surface area contributed by atoms with Crippen molar-refractivity contribution in [2.45, 2.75) is 50.2 Å². The Morgan fingerprint density at radius 1 is 1.00 bits per heavy atom. The quantitative estimate of drug-likeness (QED) is 0.717. The van der Waals surface area contributed by atoms with Crippen LogP contribution in [0.15, 0.2) is 47.4 Å². The van der Waals surface area contributed by atoms with E-state index in [4.69, 9.17) is 4.74 Å². The van der Waals surface area contributed by atoms with E-state index in [0.29, 0.717) is 18.8 Å². The summed E-state index contributed by atoms with van der Waals surface area (Å²) in [6.45, 7) is 4.53. The van der Waals surface area contributed by atoms with Crippen LogP contribution < -0.4 is 10.6 Å². The highest BCUT2D eigenvalue weighted by atomic mass is 32.2. The minimum absolute atomic E-state index is 0.0989. The number of rotatable bonds is 6. The van der Waals surface area contributed by atoms with Crippen molar-refractivity contribution in [2.75, 3.05) is 30.3 Å². The largest absolute Gasteiger partial charge is 0.376 e. The van der Waals surface area contributed by atoms with E-state index in [1.54, 1.807) is 24.3 Å². The Morgan fingerprint density at radius 2 is 1.65 bits per heavy atom. The second-order valence-electron chi connectivity index (χ2n) is 8.34. The molecule has 1 aliphatic heterocycles. The molecule has 2 aliphatic rings. The van der Waals surface area contributed by atoms with Gasteiger partial charge in [0.05, 0.1) is 23.6 Å². The summed E-state index contributed by atoms with van der Waals surface area (Å²) < 4.78 is 33.0. The second kappa shape index (κ2) is 8.98. The van der Waals surface area contributed by atoms with Crippen LogP contribution in [0.5, 0.6) is 0 Å². The third-order valence-electron chi connectivity index (χ3n) is 5.71. The van der Waals surface area contributed by atoms with Gasteiger partial charge in [-0.05, 0) is 80.6 Å². The van der Waals surface area contributed by atoms with E-state index in [0.717, 1.165) is 18.5 Å². The predicted octanol–water partition coefficient (Wildman–Crippen LogP) is 3.02. The Morgan fingerprint density at radius 3 is 2.35 bits per heavy atom. The molecule has 7 nitrogen and oxygen atoms in total. The van der Waals surface area contributed by atoms with Crippen molar-refractivity contribution in [1.29, 1.82) is 0 Å². The molecular weight excluding hydrogens is 414 g/mol. The van der Waals surface area contributed by atoms with E-state index in [9.17, 15) is 13.2 Å². The highest BCUT2D eigenvalue weighted by Gasteiger charge is 2.32. The van der Waals surface area contributed by atoms with E-state index in [-0.39, 0.29) is 29.6 Å². The molecule has 2 aromatic carbocycles. The van der Waals surface area contributed by atoms with Gasteiger partial charge in [0.15, 0.2) is 0 Å². The molecule has 2 aromatic rings. The number of nitrogens with one attached hydrogen (secondary N) is 2. The predicted molar refractivity (Wildman–Crippen MR) is 121 cm³/mol. The Labute approximate surface area is 183 Å². The molecule has 1 saturated heterocycles. The minimum Gasteiger partial charge on any atom is -0.376 e. The topological polar surface area (TPSA) is 87.7 Å². The second-order valence-corrected chi connectivity index (χ2v) is 10.3. The molecule has 0 bridgehead atoms. The number of fused-ring (bicyclic) bond motifs is 1. The molecule has 0 saturated carbocycles. The van der Waals surface area contributed by atoms with Crippen molar-refractivity contribution in [3.63, 3.8) is 0 Å². The number of hydrogen-bond donors (Lipinski definition) is 2. The maximum atomic E-state index is 12.9. The van der Waals surface area contributed by atoms with Crippen molar-refractivity contribution < 1.29 is 17.9 Å². The highest BCUT2D eigenvalue weighted by molar-refractivity contribution is 7.89. The molecule has 0 radical (unpaired) electrons. The van der Waals surface area contributed by atoms with Gasteiger partial charge in [0, 0.05) is 24.5 Å². The lowest BCUT2D eigenvalue weighted by atomic mass is 10.1. The molecule has 2 N–H and O–H groups in total. The number of carbonyl (C=O) groups is 1. The molecule has 1 heterocycles. The summed E-state index contributed by atoms with van der Waals surface area (Å²) in [5, 5.41) is 5.96. The van der Waals surface area contributed by atoms with Gasteiger partial charge in [-0.3, -0.25) is 4.79 Å². The summed E-state index contributed by atoms with van der Waals surface area (Å²) >= 11 is 0. The summed E-state index contributed by atoms with van der Waals surface area (Å²) in [5.41, 5.74) is 4.17. The molecule has 31 heavy (non-hydrogen) atoms. The molecule has 8 heteroatoms. The van der Waals surface area contributed by atoms with Crippen LogP contribution in [-0.4, -0.2) is 50.5 Å². The summed E-state index contributed by atoms with van der Waals surface area (Å²) in [5.74, 6) is -0.147. The van der Waals surface area contributed by atoms with Crippen LogP contribution in [0, 0.1) is 0 Å². The smallest absolute Gasteiger partial charge is 0.243 e. The van der Waals surface area contributed by atoms with Crippen molar-refractivity contribution in [1.82, 2.24) is 4.31 Å². The first-order valence-electron chi connectivity index (χ1n) is 10.7. The van der Waals surface area contributed by atoms with Crippen molar-refractivity contribution in [2.24, 2.45) is 0 Å². The van der Waals surface area contributed by atoms with Crippen LogP contribution in [0.1, 0.15) is 31.4 Å². The monoisotopic (exact) mass is 443 g/mol. The van der Waals surface area contributed by atoms with Crippen LogP contribution in [0.3, 0.4) is 0 Å². The van der Waals surface area contributed by atoms with E-state index >= 15 is 0 Å². The fraction of sp³-hybridized carbons (Fsp3) is 0.435. The summed E-state index contributed by atoms with van der Waals surface area (Å²) in [6.07, 6.45) is 3.08. The molecular formula is C23H29N3O4S. The van der Waals surface area contributed by atoms with Gasteiger partial charge >= 0.3 is 0 Å². The van der Waals surface area contributed by atoms with Crippen LogP contribution in [0.2, 0.25) is 0 Å². The first-order valence-corrected chi connectivity index (χ1v) is 12.2. The highest BCUT2D eigenvalue weighted by Crippen LogP contribution is 2.25. The van der Waals surface area contributed by atoms with Gasteiger partial charge in [0.2, 0.25) is 15.9 Å². The number of carbonyl (C=O) groups excluding carboxylic acids is 1. The number of aryl methyl sites for hydroxylation is 2. The standard InChI is InChI=1S/C23H29N3O4S/c1-16-14-26(15-17(2)30-16)31(28,29)22-10-8-20(9-11-22)24-13-23(27)25-21-7-6-18-4-3-5-19(18)12-21/h6-12,16-17,24H,3-5,13-15H2,1-2H3,(H,25,27)/t16-,17+. The van der Waals surface area contributed by atoms with E-state index in [1.807, 2.05) is 26.0 Å². The lowest BCUT2D eigenvalue weighted by molar-refractivity contribution is -0.114. The maximum absolute atomic E-state index is 12.9. The Balaban J connectivity index is 1.33. The number of amides is 1. The van der Waals surface area contributed by atoms with Gasteiger partial charge in [-0.1, -0.05) is 6.07 Å². The first kappa shape index (κ1) is 21.8. The Kier molecular flexibility index (Phi) is 6.31. The zero-order chi connectivity index (χ0) is 22.0. The van der Waals surface area contributed by atoms with Crippen molar-refractivity contribution in [3.8, 4) is 0 Å². The normalized spacial score (nSPS) is 21.5. The lowest BCUT2D eigenvalue weighted by Crippen LogP contribution is -2.48. The van der Waals surface area contributed by atoms with E-state index in [2.05, 4.69) is 16.7 Å². The Hall–Kier alpha value is -2.42. The third kappa shape index (κ3) is 5.08. The van der Waals surface area contributed by atoms with Gasteiger partial charge in [-0.25, -0.2) is 8.42 Å². The molecule has 0 spiro atoms. The SMILES string of the molecule is C[C@@H]1CN(S(=O)(=O)c2ccc(NCC(=O)Nc3ccc4c(c3)CCC4)cc2)C[C@H](C)O1. The average molecular weight is 444 g/mol. The van der Waals surface area contributed by atoms with Gasteiger partial charge in [-0.2, -0.15) is 4.31 Å². The van der Waals surface area contributed by atoms with Gasteiger partial charge in [0.25, 0.3) is 0 Å². The molecule has 1 amide bonds. The van der Waals surface area contributed by atoms with Crippen LogP contribution in [-0.2, 0) is 32.4 Å². The van der Waals surface area contributed by atoms with Crippen LogP contribution in [0.4, 0.5) is 11.4 Å². The number of ether oxygens (including phenoxy) is 1. The molecule has 1 aliphatic carbocycles. The molecule has 4 rings (SSSR count). The van der Waals surface area contributed by atoms with Crippen LogP contribution >= 0.6 is 0 Å². The number of anilines is 2. The fourth-order valence-electron chi connectivity index (χ4n) is 4.26. The molecule has 0 unspecified atom stereocenters. The number of benzene rings is 2.